The molecular weight excluding hydrogens is 216 g/mol. The molecule has 1 saturated carbocycles. The third-order valence-corrected chi connectivity index (χ3v) is 4.14. The zero-order valence-electron chi connectivity index (χ0n) is 10.5. The number of benzene rings is 1. The molecule has 16 heavy (non-hydrogen) atoms. The summed E-state index contributed by atoms with van der Waals surface area (Å²) in [6.45, 7) is 7.00. The van der Waals surface area contributed by atoms with E-state index >= 15 is 0 Å². The highest BCUT2D eigenvalue weighted by Gasteiger charge is 2.37. The Kier molecular flexibility index (Phi) is 3.30. The van der Waals surface area contributed by atoms with Crippen LogP contribution in [0.5, 0.6) is 0 Å². The van der Waals surface area contributed by atoms with Crippen LogP contribution in [0.4, 0.5) is 0 Å². The van der Waals surface area contributed by atoms with E-state index in [0.29, 0.717) is 11.3 Å². The Hall–Kier alpha value is -0.490. The maximum Gasteiger partial charge on any atom is 0.0441 e. The van der Waals surface area contributed by atoms with Gasteiger partial charge >= 0.3 is 0 Å². The third kappa shape index (κ3) is 2.27. The van der Waals surface area contributed by atoms with E-state index in [4.69, 9.17) is 11.6 Å². The van der Waals surface area contributed by atoms with Crippen molar-refractivity contribution >= 4 is 11.6 Å². The molecule has 0 amide bonds. The van der Waals surface area contributed by atoms with E-state index in [1.807, 2.05) is 12.1 Å². The topological polar surface area (TPSA) is 0 Å². The Morgan fingerprint density at radius 3 is 2.25 bits per heavy atom. The maximum absolute atomic E-state index is 6.35. The van der Waals surface area contributed by atoms with Gasteiger partial charge in [-0.1, -0.05) is 57.0 Å². The lowest BCUT2D eigenvalue weighted by atomic mass is 9.63. The van der Waals surface area contributed by atoms with Crippen LogP contribution in [0, 0.1) is 11.3 Å². The van der Waals surface area contributed by atoms with Crippen molar-refractivity contribution in [3.8, 4) is 0 Å². The zero-order chi connectivity index (χ0) is 11.8. The van der Waals surface area contributed by atoms with Gasteiger partial charge in [-0.15, -0.1) is 0 Å². The number of rotatable bonds is 2. The molecule has 0 aromatic heterocycles. The lowest BCUT2D eigenvalue weighted by molar-refractivity contribution is 0.160. The van der Waals surface area contributed by atoms with Gasteiger partial charge in [0.15, 0.2) is 0 Å². The van der Waals surface area contributed by atoms with Crippen LogP contribution < -0.4 is 0 Å². The van der Waals surface area contributed by atoms with Gasteiger partial charge in [-0.25, -0.2) is 0 Å². The molecule has 1 aliphatic rings. The van der Waals surface area contributed by atoms with Crippen molar-refractivity contribution in [2.45, 2.75) is 46.0 Å². The minimum atomic E-state index is 0.302. The van der Waals surface area contributed by atoms with Crippen molar-refractivity contribution in [3.63, 3.8) is 0 Å². The monoisotopic (exact) mass is 236 g/mol. The van der Waals surface area contributed by atoms with E-state index in [9.17, 15) is 0 Å². The summed E-state index contributed by atoms with van der Waals surface area (Å²) in [6, 6.07) is 8.36. The first-order valence-electron chi connectivity index (χ1n) is 6.24. The van der Waals surface area contributed by atoms with Crippen molar-refractivity contribution < 1.29 is 0 Å². The summed E-state index contributed by atoms with van der Waals surface area (Å²) in [5.74, 6) is 1.44. The summed E-state index contributed by atoms with van der Waals surface area (Å²) in [5.41, 5.74) is 1.65. The molecule has 0 saturated heterocycles. The Morgan fingerprint density at radius 1 is 1.19 bits per heavy atom. The highest BCUT2D eigenvalue weighted by molar-refractivity contribution is 6.31. The van der Waals surface area contributed by atoms with Gasteiger partial charge < -0.3 is 0 Å². The van der Waals surface area contributed by atoms with Crippen molar-refractivity contribution in [2.75, 3.05) is 0 Å². The SMILES string of the molecule is CC(C)(C)C(c1ccccc1Cl)C1CCC1. The van der Waals surface area contributed by atoms with Crippen LogP contribution in [0.1, 0.15) is 51.5 Å². The standard InChI is InChI=1S/C15H21Cl/c1-15(2,3)14(11-7-6-8-11)12-9-4-5-10-13(12)16/h4-5,9-11,14H,6-8H2,1-3H3. The predicted molar refractivity (Wildman–Crippen MR) is 71.0 cm³/mol. The third-order valence-electron chi connectivity index (χ3n) is 3.79. The van der Waals surface area contributed by atoms with Crippen molar-refractivity contribution in [1.82, 2.24) is 0 Å². The zero-order valence-corrected chi connectivity index (χ0v) is 11.2. The lowest BCUT2D eigenvalue weighted by Gasteiger charge is -2.42. The molecule has 1 aromatic carbocycles. The summed E-state index contributed by atoms with van der Waals surface area (Å²) >= 11 is 6.35. The van der Waals surface area contributed by atoms with Gasteiger partial charge in [0, 0.05) is 5.02 Å². The molecule has 0 N–H and O–H groups in total. The van der Waals surface area contributed by atoms with Crippen LogP contribution in [0.15, 0.2) is 24.3 Å². The summed E-state index contributed by atoms with van der Waals surface area (Å²) in [6.07, 6.45) is 4.13. The lowest BCUT2D eigenvalue weighted by Crippen LogP contribution is -2.30. The van der Waals surface area contributed by atoms with Gasteiger partial charge in [0.25, 0.3) is 0 Å². The van der Waals surface area contributed by atoms with Crippen LogP contribution in [0.3, 0.4) is 0 Å². The summed E-state index contributed by atoms with van der Waals surface area (Å²) in [5, 5.41) is 0.939. The van der Waals surface area contributed by atoms with E-state index < -0.39 is 0 Å². The first-order chi connectivity index (χ1) is 7.50. The molecule has 1 heteroatoms. The van der Waals surface area contributed by atoms with E-state index in [1.165, 1.54) is 24.8 Å². The molecular formula is C15H21Cl. The van der Waals surface area contributed by atoms with Crippen LogP contribution in [-0.2, 0) is 0 Å². The minimum Gasteiger partial charge on any atom is -0.0840 e. The molecule has 1 fully saturated rings. The Morgan fingerprint density at radius 2 is 1.81 bits per heavy atom. The average molecular weight is 237 g/mol. The number of halogens is 1. The normalized spacial score (nSPS) is 19.2. The molecule has 1 unspecified atom stereocenters. The molecule has 2 rings (SSSR count). The second-order valence-corrected chi connectivity index (χ2v) is 6.46. The van der Waals surface area contributed by atoms with Crippen molar-refractivity contribution in [1.29, 1.82) is 0 Å². The largest absolute Gasteiger partial charge is 0.0840 e. The first-order valence-corrected chi connectivity index (χ1v) is 6.62. The fourth-order valence-corrected chi connectivity index (χ4v) is 3.18. The van der Waals surface area contributed by atoms with Crippen molar-refractivity contribution in [2.24, 2.45) is 11.3 Å². The molecule has 88 valence electrons. The Balaban J connectivity index is 2.35. The van der Waals surface area contributed by atoms with Crippen LogP contribution >= 0.6 is 11.6 Å². The summed E-state index contributed by atoms with van der Waals surface area (Å²) in [4.78, 5) is 0. The second-order valence-electron chi connectivity index (χ2n) is 6.06. The van der Waals surface area contributed by atoms with E-state index in [1.54, 1.807) is 0 Å². The number of hydrogen-bond acceptors (Lipinski definition) is 0. The van der Waals surface area contributed by atoms with Gasteiger partial charge in [-0.2, -0.15) is 0 Å². The highest BCUT2D eigenvalue weighted by Crippen LogP contribution is 2.50. The van der Waals surface area contributed by atoms with Crippen LogP contribution in [-0.4, -0.2) is 0 Å². The molecule has 1 aliphatic carbocycles. The van der Waals surface area contributed by atoms with Gasteiger partial charge in [-0.05, 0) is 41.7 Å². The van der Waals surface area contributed by atoms with E-state index in [-0.39, 0.29) is 0 Å². The molecule has 1 aromatic rings. The second kappa shape index (κ2) is 4.41. The summed E-state index contributed by atoms with van der Waals surface area (Å²) < 4.78 is 0. The molecule has 1 atom stereocenters. The molecule has 0 heterocycles. The molecule has 0 nitrogen and oxygen atoms in total. The van der Waals surface area contributed by atoms with Crippen LogP contribution in [0.2, 0.25) is 5.02 Å². The fourth-order valence-electron chi connectivity index (χ4n) is 2.93. The molecule has 0 radical (unpaired) electrons. The molecule has 0 spiro atoms. The predicted octanol–water partition coefficient (Wildman–Crippen LogP) is 5.27. The highest BCUT2D eigenvalue weighted by atomic mass is 35.5. The smallest absolute Gasteiger partial charge is 0.0441 e. The number of hydrogen-bond donors (Lipinski definition) is 0. The van der Waals surface area contributed by atoms with E-state index in [2.05, 4.69) is 32.9 Å². The quantitative estimate of drug-likeness (QED) is 0.656. The molecule has 0 bridgehead atoms. The van der Waals surface area contributed by atoms with Gasteiger partial charge in [0.2, 0.25) is 0 Å². The van der Waals surface area contributed by atoms with Gasteiger partial charge in [-0.3, -0.25) is 0 Å². The van der Waals surface area contributed by atoms with E-state index in [0.717, 1.165) is 10.9 Å². The first kappa shape index (κ1) is 12.0. The molecule has 0 aliphatic heterocycles. The maximum atomic E-state index is 6.35. The van der Waals surface area contributed by atoms with Crippen molar-refractivity contribution in [3.05, 3.63) is 34.9 Å². The Bertz CT molecular complexity index is 358. The van der Waals surface area contributed by atoms with Crippen LogP contribution in [0.25, 0.3) is 0 Å². The Labute approximate surface area is 104 Å². The average Bonchev–Trinajstić information content (AvgIpc) is 2.11. The summed E-state index contributed by atoms with van der Waals surface area (Å²) in [7, 11) is 0. The van der Waals surface area contributed by atoms with Gasteiger partial charge in [0.1, 0.15) is 0 Å². The minimum absolute atomic E-state index is 0.302. The van der Waals surface area contributed by atoms with Gasteiger partial charge in [0.05, 0.1) is 0 Å². The fraction of sp³-hybridized carbons (Fsp3) is 0.600.